The number of halogens is 5. The van der Waals surface area contributed by atoms with E-state index in [4.69, 9.17) is 9.79 Å². The number of hydrogen-bond donors (Lipinski definition) is 2. The van der Waals surface area contributed by atoms with Crippen molar-refractivity contribution in [3.8, 4) is 0 Å². The number of phosphoric ester groups is 1. The van der Waals surface area contributed by atoms with Gasteiger partial charge in [-0.1, -0.05) is 6.92 Å². The Morgan fingerprint density at radius 1 is 1.29 bits per heavy atom. The molecule has 0 aromatic rings. The van der Waals surface area contributed by atoms with Crippen LogP contribution in [0.25, 0.3) is 0 Å². The summed E-state index contributed by atoms with van der Waals surface area (Å²) in [5, 5.41) is 0. The molecule has 0 aliphatic heterocycles. The fourth-order valence-electron chi connectivity index (χ4n) is 1.00. The Labute approximate surface area is 94.0 Å². The first-order valence-corrected chi connectivity index (χ1v) is 6.07. The normalized spacial score (nSPS) is 17.2. The molecule has 0 radical (unpaired) electrons. The molecule has 10 heteroatoms. The highest BCUT2D eigenvalue weighted by Crippen LogP contribution is 2.41. The van der Waals surface area contributed by atoms with E-state index in [1.165, 1.54) is 6.92 Å². The van der Waals surface area contributed by atoms with E-state index in [1.54, 1.807) is 0 Å². The molecule has 0 rings (SSSR count). The molecule has 0 heterocycles. The molecule has 0 aromatic heterocycles. The number of phosphoric acid groups is 1. The quantitative estimate of drug-likeness (QED) is 0.557. The summed E-state index contributed by atoms with van der Waals surface area (Å²) in [5.41, 5.74) is 0. The van der Waals surface area contributed by atoms with E-state index in [-0.39, 0.29) is 6.42 Å². The first kappa shape index (κ1) is 16.8. The molecule has 0 aromatic carbocycles. The summed E-state index contributed by atoms with van der Waals surface area (Å²) in [4.78, 5) is 16.7. The average Bonchev–Trinajstić information content (AvgIpc) is 2.13. The van der Waals surface area contributed by atoms with Crippen molar-refractivity contribution in [1.29, 1.82) is 0 Å². The van der Waals surface area contributed by atoms with Crippen LogP contribution in [-0.4, -0.2) is 34.4 Å². The predicted octanol–water partition coefficient (Wildman–Crippen LogP) is 2.50. The van der Waals surface area contributed by atoms with Gasteiger partial charge < -0.3 is 9.79 Å². The van der Waals surface area contributed by atoms with E-state index >= 15 is 0 Å². The maximum Gasteiger partial charge on any atom is 0.469 e. The standard InChI is InChI=1S/C7H12F5O4P/c1-2-4(16-17(13,14)15)3-5(8)7(11,12)6(9)10/h4-6H,2-3H2,1H3,(H2,13,14,15). The van der Waals surface area contributed by atoms with Gasteiger partial charge in [0.05, 0.1) is 6.10 Å². The van der Waals surface area contributed by atoms with Crippen LogP contribution in [0.1, 0.15) is 19.8 Å². The highest BCUT2D eigenvalue weighted by atomic mass is 31.2. The van der Waals surface area contributed by atoms with Crippen LogP contribution in [-0.2, 0) is 9.09 Å². The maximum atomic E-state index is 12.9. The molecule has 0 aliphatic rings. The van der Waals surface area contributed by atoms with Crippen molar-refractivity contribution in [1.82, 2.24) is 0 Å². The zero-order chi connectivity index (χ0) is 13.9. The number of alkyl halides is 5. The number of hydrogen-bond acceptors (Lipinski definition) is 2. The van der Waals surface area contributed by atoms with Crippen LogP contribution >= 0.6 is 7.82 Å². The molecule has 0 amide bonds. The lowest BCUT2D eigenvalue weighted by Crippen LogP contribution is -2.39. The Bertz CT molecular complexity index is 281. The Morgan fingerprint density at radius 2 is 1.76 bits per heavy atom. The third-order valence-corrected chi connectivity index (χ3v) is 2.49. The van der Waals surface area contributed by atoms with E-state index in [9.17, 15) is 26.5 Å². The smallest absolute Gasteiger partial charge is 0.303 e. The van der Waals surface area contributed by atoms with Crippen molar-refractivity contribution in [2.24, 2.45) is 0 Å². The van der Waals surface area contributed by atoms with Gasteiger partial charge >= 0.3 is 20.2 Å². The second kappa shape index (κ2) is 6.08. The van der Waals surface area contributed by atoms with E-state index in [2.05, 4.69) is 4.52 Å². The molecule has 0 spiro atoms. The molecule has 104 valence electrons. The van der Waals surface area contributed by atoms with Crippen LogP contribution in [0.4, 0.5) is 22.0 Å². The molecular weight excluding hydrogens is 274 g/mol. The van der Waals surface area contributed by atoms with Crippen LogP contribution < -0.4 is 0 Å². The first-order valence-electron chi connectivity index (χ1n) is 4.54. The van der Waals surface area contributed by atoms with E-state index in [1.807, 2.05) is 0 Å². The largest absolute Gasteiger partial charge is 0.469 e. The lowest BCUT2D eigenvalue weighted by molar-refractivity contribution is -0.176. The summed E-state index contributed by atoms with van der Waals surface area (Å²) in [6.45, 7) is 1.29. The van der Waals surface area contributed by atoms with Gasteiger partial charge in [-0.05, 0) is 6.42 Å². The van der Waals surface area contributed by atoms with Crippen molar-refractivity contribution < 1.29 is 40.8 Å². The lowest BCUT2D eigenvalue weighted by Gasteiger charge is -2.23. The van der Waals surface area contributed by atoms with Crippen LogP contribution in [0.5, 0.6) is 0 Å². The summed E-state index contributed by atoms with van der Waals surface area (Å²) in [6, 6.07) is 0. The van der Waals surface area contributed by atoms with Crippen molar-refractivity contribution in [2.45, 2.75) is 44.4 Å². The van der Waals surface area contributed by atoms with Crippen molar-refractivity contribution in [3.63, 3.8) is 0 Å². The first-order chi connectivity index (χ1) is 7.50. The molecule has 4 nitrogen and oxygen atoms in total. The van der Waals surface area contributed by atoms with Crippen molar-refractivity contribution in [2.75, 3.05) is 0 Å². The monoisotopic (exact) mass is 286 g/mol. The predicted molar refractivity (Wildman–Crippen MR) is 47.7 cm³/mol. The molecule has 2 unspecified atom stereocenters. The van der Waals surface area contributed by atoms with E-state index in [0.717, 1.165) is 0 Å². The molecule has 2 N–H and O–H groups in total. The van der Waals surface area contributed by atoms with Crippen LogP contribution in [0, 0.1) is 0 Å². The molecule has 2 atom stereocenters. The Hall–Kier alpha value is -0.240. The van der Waals surface area contributed by atoms with Crippen LogP contribution in [0.15, 0.2) is 0 Å². The molecular formula is C7H12F5O4P. The summed E-state index contributed by atoms with van der Waals surface area (Å²) in [6.07, 6.45) is -10.4. The fraction of sp³-hybridized carbons (Fsp3) is 1.00. The van der Waals surface area contributed by atoms with Gasteiger partial charge in [-0.3, -0.25) is 4.52 Å². The SMILES string of the molecule is CCC(CC(F)C(F)(F)C(F)F)OP(=O)(O)O. The van der Waals surface area contributed by atoms with Gasteiger partial charge in [0.1, 0.15) is 0 Å². The maximum absolute atomic E-state index is 12.9. The van der Waals surface area contributed by atoms with E-state index < -0.39 is 38.9 Å². The Balaban J connectivity index is 4.54. The minimum Gasteiger partial charge on any atom is -0.303 e. The molecule has 0 aliphatic carbocycles. The molecule has 0 fully saturated rings. The van der Waals surface area contributed by atoms with Crippen molar-refractivity contribution >= 4 is 7.82 Å². The summed E-state index contributed by atoms with van der Waals surface area (Å²) >= 11 is 0. The van der Waals surface area contributed by atoms with Gasteiger partial charge in [-0.25, -0.2) is 17.7 Å². The zero-order valence-corrected chi connectivity index (χ0v) is 9.59. The van der Waals surface area contributed by atoms with Crippen LogP contribution in [0.2, 0.25) is 0 Å². The third kappa shape index (κ3) is 5.76. The van der Waals surface area contributed by atoms with Gasteiger partial charge in [0.2, 0.25) is 0 Å². The fourth-order valence-corrected chi connectivity index (χ4v) is 1.63. The van der Waals surface area contributed by atoms with E-state index in [0.29, 0.717) is 0 Å². The zero-order valence-electron chi connectivity index (χ0n) is 8.69. The number of rotatable bonds is 7. The van der Waals surface area contributed by atoms with Crippen molar-refractivity contribution in [3.05, 3.63) is 0 Å². The molecule has 0 saturated carbocycles. The average molecular weight is 286 g/mol. The van der Waals surface area contributed by atoms with Gasteiger partial charge in [0.15, 0.2) is 6.17 Å². The topological polar surface area (TPSA) is 66.8 Å². The molecule has 0 bridgehead atoms. The summed E-state index contributed by atoms with van der Waals surface area (Å²) in [5.74, 6) is -4.87. The molecule has 0 saturated heterocycles. The second-order valence-electron chi connectivity index (χ2n) is 3.30. The lowest BCUT2D eigenvalue weighted by atomic mass is 10.1. The van der Waals surface area contributed by atoms with Gasteiger partial charge in [0.25, 0.3) is 0 Å². The summed E-state index contributed by atoms with van der Waals surface area (Å²) < 4.78 is 75.8. The highest BCUT2D eigenvalue weighted by Gasteiger charge is 2.50. The summed E-state index contributed by atoms with van der Waals surface area (Å²) in [7, 11) is -4.97. The second-order valence-corrected chi connectivity index (χ2v) is 4.50. The Kier molecular flexibility index (Phi) is 6.00. The van der Waals surface area contributed by atoms with Gasteiger partial charge in [-0.2, -0.15) is 8.78 Å². The van der Waals surface area contributed by atoms with Gasteiger partial charge in [0, 0.05) is 6.42 Å². The Morgan fingerprint density at radius 3 is 2.06 bits per heavy atom. The van der Waals surface area contributed by atoms with Gasteiger partial charge in [-0.15, -0.1) is 0 Å². The minimum atomic E-state index is -4.97. The minimum absolute atomic E-state index is 0.204. The molecule has 17 heavy (non-hydrogen) atoms. The highest BCUT2D eigenvalue weighted by molar-refractivity contribution is 7.46. The third-order valence-electron chi connectivity index (χ3n) is 1.92. The van der Waals surface area contributed by atoms with Crippen LogP contribution in [0.3, 0.4) is 0 Å².